The van der Waals surface area contributed by atoms with E-state index in [1.807, 2.05) is 11.8 Å². The summed E-state index contributed by atoms with van der Waals surface area (Å²) in [4.78, 5) is 0. The number of rotatable bonds is 4. The van der Waals surface area contributed by atoms with Gasteiger partial charge in [0.05, 0.1) is 6.10 Å². The van der Waals surface area contributed by atoms with Crippen LogP contribution in [0.3, 0.4) is 0 Å². The van der Waals surface area contributed by atoms with Crippen molar-refractivity contribution >= 4 is 11.8 Å². The van der Waals surface area contributed by atoms with Gasteiger partial charge in [0.15, 0.2) is 11.6 Å². The highest BCUT2D eigenvalue weighted by atomic mass is 32.2. The Labute approximate surface area is 105 Å². The SMILES string of the molecule is OC(COc1ccccc1F)C1CCSCC1. The molecule has 0 bridgehead atoms. The van der Waals surface area contributed by atoms with Crippen LogP contribution in [0.4, 0.5) is 4.39 Å². The van der Waals surface area contributed by atoms with Crippen LogP contribution >= 0.6 is 11.8 Å². The second-order valence-corrected chi connectivity index (χ2v) is 5.48. The van der Waals surface area contributed by atoms with E-state index in [4.69, 9.17) is 4.74 Å². The van der Waals surface area contributed by atoms with E-state index in [1.54, 1.807) is 18.2 Å². The molecule has 94 valence electrons. The number of para-hydroxylation sites is 1. The minimum atomic E-state index is -0.490. The van der Waals surface area contributed by atoms with Crippen LogP contribution in [0.2, 0.25) is 0 Å². The van der Waals surface area contributed by atoms with Crippen LogP contribution in [0, 0.1) is 11.7 Å². The van der Waals surface area contributed by atoms with Gasteiger partial charge in [-0.1, -0.05) is 12.1 Å². The fourth-order valence-corrected chi connectivity index (χ4v) is 3.12. The van der Waals surface area contributed by atoms with Gasteiger partial charge >= 0.3 is 0 Å². The van der Waals surface area contributed by atoms with E-state index in [-0.39, 0.29) is 18.2 Å². The van der Waals surface area contributed by atoms with Crippen molar-refractivity contribution in [3.05, 3.63) is 30.1 Å². The summed E-state index contributed by atoms with van der Waals surface area (Å²) >= 11 is 1.92. The molecule has 0 aliphatic carbocycles. The van der Waals surface area contributed by atoms with Crippen LogP contribution in [0.5, 0.6) is 5.75 Å². The highest BCUT2D eigenvalue weighted by Gasteiger charge is 2.22. The topological polar surface area (TPSA) is 29.5 Å². The lowest BCUT2D eigenvalue weighted by molar-refractivity contribution is 0.0521. The van der Waals surface area contributed by atoms with Crippen molar-refractivity contribution in [3.8, 4) is 5.75 Å². The summed E-state index contributed by atoms with van der Waals surface area (Å²) in [5.41, 5.74) is 0. The maximum atomic E-state index is 13.3. The molecule has 1 fully saturated rings. The molecular weight excluding hydrogens is 239 g/mol. The van der Waals surface area contributed by atoms with Gasteiger partial charge < -0.3 is 9.84 Å². The molecule has 2 rings (SSSR count). The molecule has 1 atom stereocenters. The van der Waals surface area contributed by atoms with E-state index >= 15 is 0 Å². The fraction of sp³-hybridized carbons (Fsp3) is 0.538. The molecule has 1 heterocycles. The first-order valence-corrected chi connectivity index (χ1v) is 7.06. The summed E-state index contributed by atoms with van der Waals surface area (Å²) in [6, 6.07) is 6.29. The molecule has 1 aromatic rings. The average Bonchev–Trinajstić information content (AvgIpc) is 2.38. The Morgan fingerprint density at radius 3 is 2.76 bits per heavy atom. The van der Waals surface area contributed by atoms with E-state index in [2.05, 4.69) is 0 Å². The molecule has 0 spiro atoms. The van der Waals surface area contributed by atoms with Gasteiger partial charge in [-0.2, -0.15) is 11.8 Å². The van der Waals surface area contributed by atoms with Crippen LogP contribution in [-0.2, 0) is 0 Å². The Morgan fingerprint density at radius 1 is 1.35 bits per heavy atom. The number of benzene rings is 1. The molecule has 1 aliphatic heterocycles. The third kappa shape index (κ3) is 3.61. The third-order valence-electron chi connectivity index (χ3n) is 3.06. The molecule has 1 N–H and O–H groups in total. The Hall–Kier alpha value is -0.740. The summed E-state index contributed by atoms with van der Waals surface area (Å²) < 4.78 is 18.6. The zero-order valence-electron chi connectivity index (χ0n) is 9.64. The van der Waals surface area contributed by atoms with Crippen LogP contribution in [0.25, 0.3) is 0 Å². The summed E-state index contributed by atoms with van der Waals surface area (Å²) in [6.45, 7) is 0.177. The first-order chi connectivity index (χ1) is 8.27. The monoisotopic (exact) mass is 256 g/mol. The Balaban J connectivity index is 1.83. The molecule has 2 nitrogen and oxygen atoms in total. The molecule has 1 saturated heterocycles. The van der Waals surface area contributed by atoms with Gasteiger partial charge in [0.1, 0.15) is 6.61 Å². The lowest BCUT2D eigenvalue weighted by atomic mass is 9.96. The predicted molar refractivity (Wildman–Crippen MR) is 68.0 cm³/mol. The Morgan fingerprint density at radius 2 is 2.06 bits per heavy atom. The van der Waals surface area contributed by atoms with Crippen molar-refractivity contribution in [2.75, 3.05) is 18.1 Å². The van der Waals surface area contributed by atoms with Crippen molar-refractivity contribution in [1.82, 2.24) is 0 Å². The number of hydrogen-bond donors (Lipinski definition) is 1. The second kappa shape index (κ2) is 6.26. The average molecular weight is 256 g/mol. The number of aliphatic hydroxyl groups excluding tert-OH is 1. The van der Waals surface area contributed by atoms with Gasteiger partial charge in [0, 0.05) is 0 Å². The lowest BCUT2D eigenvalue weighted by Gasteiger charge is -2.26. The molecule has 0 saturated carbocycles. The zero-order chi connectivity index (χ0) is 12.1. The van der Waals surface area contributed by atoms with E-state index < -0.39 is 6.10 Å². The number of aliphatic hydroxyl groups is 1. The molecule has 0 amide bonds. The van der Waals surface area contributed by atoms with E-state index in [1.165, 1.54) is 6.07 Å². The Bertz CT molecular complexity index is 353. The van der Waals surface area contributed by atoms with Crippen LogP contribution < -0.4 is 4.74 Å². The molecule has 4 heteroatoms. The first-order valence-electron chi connectivity index (χ1n) is 5.90. The van der Waals surface area contributed by atoms with Gasteiger partial charge in [-0.15, -0.1) is 0 Å². The number of ether oxygens (including phenoxy) is 1. The highest BCUT2D eigenvalue weighted by Crippen LogP contribution is 2.26. The van der Waals surface area contributed by atoms with Gasteiger partial charge in [0.2, 0.25) is 0 Å². The zero-order valence-corrected chi connectivity index (χ0v) is 10.5. The standard InChI is InChI=1S/C13H17FO2S/c14-11-3-1-2-4-13(11)16-9-12(15)10-5-7-17-8-6-10/h1-4,10,12,15H,5-9H2. The van der Waals surface area contributed by atoms with Crippen molar-refractivity contribution in [2.24, 2.45) is 5.92 Å². The maximum Gasteiger partial charge on any atom is 0.165 e. The smallest absolute Gasteiger partial charge is 0.165 e. The van der Waals surface area contributed by atoms with E-state index in [0.717, 1.165) is 24.3 Å². The van der Waals surface area contributed by atoms with Gasteiger partial charge in [-0.3, -0.25) is 0 Å². The fourth-order valence-electron chi connectivity index (χ4n) is 1.97. The maximum absolute atomic E-state index is 13.3. The second-order valence-electron chi connectivity index (χ2n) is 4.26. The van der Waals surface area contributed by atoms with Crippen molar-refractivity contribution in [3.63, 3.8) is 0 Å². The molecule has 1 unspecified atom stereocenters. The number of halogens is 1. The van der Waals surface area contributed by atoms with Crippen LogP contribution in [-0.4, -0.2) is 29.3 Å². The van der Waals surface area contributed by atoms with Gasteiger partial charge in [-0.05, 0) is 42.4 Å². The molecule has 17 heavy (non-hydrogen) atoms. The summed E-state index contributed by atoms with van der Waals surface area (Å²) in [5, 5.41) is 9.97. The molecular formula is C13H17FO2S. The highest BCUT2D eigenvalue weighted by molar-refractivity contribution is 7.99. The molecule has 1 aliphatic rings. The van der Waals surface area contributed by atoms with Crippen LogP contribution in [0.15, 0.2) is 24.3 Å². The molecule has 1 aromatic carbocycles. The van der Waals surface area contributed by atoms with Gasteiger partial charge in [-0.25, -0.2) is 4.39 Å². The van der Waals surface area contributed by atoms with Crippen molar-refractivity contribution < 1.29 is 14.2 Å². The third-order valence-corrected chi connectivity index (χ3v) is 4.11. The minimum absolute atomic E-state index is 0.177. The molecule has 0 radical (unpaired) electrons. The first kappa shape index (κ1) is 12.7. The number of thioether (sulfide) groups is 1. The van der Waals surface area contributed by atoms with Crippen molar-refractivity contribution in [2.45, 2.75) is 18.9 Å². The van der Waals surface area contributed by atoms with Crippen LogP contribution in [0.1, 0.15) is 12.8 Å². The van der Waals surface area contributed by atoms with E-state index in [0.29, 0.717) is 5.92 Å². The normalized spacial score (nSPS) is 18.9. The molecule has 0 aromatic heterocycles. The largest absolute Gasteiger partial charge is 0.488 e. The summed E-state index contributed by atoms with van der Waals surface area (Å²) in [6.07, 6.45) is 1.55. The summed E-state index contributed by atoms with van der Waals surface area (Å²) in [5.74, 6) is 2.33. The van der Waals surface area contributed by atoms with Gasteiger partial charge in [0.25, 0.3) is 0 Å². The van der Waals surface area contributed by atoms with Crippen molar-refractivity contribution in [1.29, 1.82) is 0 Å². The summed E-state index contributed by atoms with van der Waals surface area (Å²) in [7, 11) is 0. The Kier molecular flexibility index (Phi) is 4.68. The minimum Gasteiger partial charge on any atom is -0.488 e. The number of hydrogen-bond acceptors (Lipinski definition) is 3. The quantitative estimate of drug-likeness (QED) is 0.898. The lowest BCUT2D eigenvalue weighted by Crippen LogP contribution is -2.30. The predicted octanol–water partition coefficient (Wildman–Crippen LogP) is 2.71. The van der Waals surface area contributed by atoms with E-state index in [9.17, 15) is 9.50 Å².